The van der Waals surface area contributed by atoms with Crippen molar-refractivity contribution in [2.45, 2.75) is 45.1 Å². The van der Waals surface area contributed by atoms with E-state index in [1.54, 1.807) is 7.11 Å². The Kier molecular flexibility index (Phi) is 9.19. The highest BCUT2D eigenvalue weighted by atomic mass is 127. The molecule has 1 saturated heterocycles. The van der Waals surface area contributed by atoms with Crippen LogP contribution in [0.1, 0.15) is 25.0 Å². The highest BCUT2D eigenvalue weighted by molar-refractivity contribution is 14.0. The lowest BCUT2D eigenvalue weighted by atomic mass is 10.1. The number of morpholine rings is 1. The minimum absolute atomic E-state index is 0. The second-order valence-corrected chi connectivity index (χ2v) is 6.91. The molecule has 0 saturated carbocycles. The number of rotatable bonds is 6. The number of aryl methyl sites for hydroxylation is 1. The Labute approximate surface area is 178 Å². The summed E-state index contributed by atoms with van der Waals surface area (Å²) in [5.41, 5.74) is 0. The zero-order chi connectivity index (χ0) is 18.4. The fourth-order valence-electron chi connectivity index (χ4n) is 3.35. The molecule has 1 aromatic heterocycles. The predicted molar refractivity (Wildman–Crippen MR) is 115 cm³/mol. The molecule has 154 valence electrons. The van der Waals surface area contributed by atoms with Crippen LogP contribution in [0.25, 0.3) is 0 Å². The molecule has 0 spiro atoms. The third kappa shape index (κ3) is 6.54. The normalized spacial score (nSPS) is 23.4. The van der Waals surface area contributed by atoms with Gasteiger partial charge >= 0.3 is 0 Å². The van der Waals surface area contributed by atoms with Crippen LogP contribution in [0.3, 0.4) is 0 Å². The number of aromatic nitrogens is 3. The van der Waals surface area contributed by atoms with E-state index in [2.05, 4.69) is 39.6 Å². The van der Waals surface area contributed by atoms with Crippen molar-refractivity contribution in [3.63, 3.8) is 0 Å². The van der Waals surface area contributed by atoms with Gasteiger partial charge in [-0.05, 0) is 20.4 Å². The smallest absolute Gasteiger partial charge is 0.191 e. The Balaban J connectivity index is 0.00000261. The minimum Gasteiger partial charge on any atom is -0.377 e. The minimum atomic E-state index is 0. The summed E-state index contributed by atoms with van der Waals surface area (Å²) in [6.45, 7) is 7.52. The molecular formula is C17H32IN7O2. The molecule has 27 heavy (non-hydrogen) atoms. The van der Waals surface area contributed by atoms with E-state index in [9.17, 15) is 0 Å². The number of nitrogens with one attached hydrogen (secondary N) is 2. The third-order valence-corrected chi connectivity index (χ3v) is 4.66. The molecule has 3 rings (SSSR count). The first-order chi connectivity index (χ1) is 12.7. The molecule has 10 heteroatoms. The Morgan fingerprint density at radius 2 is 2.26 bits per heavy atom. The van der Waals surface area contributed by atoms with Crippen molar-refractivity contribution >= 4 is 29.9 Å². The van der Waals surface area contributed by atoms with E-state index in [-0.39, 0.29) is 36.1 Å². The molecular weight excluding hydrogens is 461 g/mol. The van der Waals surface area contributed by atoms with Crippen molar-refractivity contribution in [1.82, 2.24) is 30.3 Å². The number of nitrogens with zero attached hydrogens (tertiary/aromatic N) is 5. The summed E-state index contributed by atoms with van der Waals surface area (Å²) in [5, 5.41) is 11.4. The standard InChI is InChI=1S/C17H31N7O2.HI/c1-4-18-17(19-9-14-11-23(2)7-8-26-14)20-13-5-6-16-21-15(12-25-3)22-24(16)10-13;/h13-14H,4-12H2,1-3H3,(H2,18,19,20);1H. The maximum absolute atomic E-state index is 5.80. The molecule has 3 heterocycles. The second-order valence-electron chi connectivity index (χ2n) is 6.91. The first kappa shape index (κ1) is 22.3. The third-order valence-electron chi connectivity index (χ3n) is 4.66. The SMILES string of the molecule is CCNC(=NCC1CN(C)CCO1)NC1CCc2nc(COC)nn2C1.I. The van der Waals surface area contributed by atoms with Gasteiger partial charge in [0.05, 0.1) is 25.8 Å². The Morgan fingerprint density at radius 3 is 3.00 bits per heavy atom. The highest BCUT2D eigenvalue weighted by Crippen LogP contribution is 2.13. The van der Waals surface area contributed by atoms with E-state index < -0.39 is 0 Å². The molecule has 2 unspecified atom stereocenters. The topological polar surface area (TPSA) is 88.8 Å². The number of hydrogen-bond donors (Lipinski definition) is 2. The van der Waals surface area contributed by atoms with Crippen LogP contribution in [-0.4, -0.2) is 84.7 Å². The van der Waals surface area contributed by atoms with E-state index in [4.69, 9.17) is 14.5 Å². The van der Waals surface area contributed by atoms with Crippen LogP contribution >= 0.6 is 24.0 Å². The van der Waals surface area contributed by atoms with Crippen molar-refractivity contribution in [3.8, 4) is 0 Å². The lowest BCUT2D eigenvalue weighted by Gasteiger charge is -2.29. The summed E-state index contributed by atoms with van der Waals surface area (Å²) in [6.07, 6.45) is 2.08. The van der Waals surface area contributed by atoms with Crippen LogP contribution in [0, 0.1) is 0 Å². The van der Waals surface area contributed by atoms with Crippen LogP contribution in [0.5, 0.6) is 0 Å². The van der Waals surface area contributed by atoms with Crippen LogP contribution in [0.2, 0.25) is 0 Å². The first-order valence-corrected chi connectivity index (χ1v) is 9.44. The number of aliphatic imine (C=N–C) groups is 1. The zero-order valence-electron chi connectivity index (χ0n) is 16.5. The number of likely N-dealkylation sites (N-methyl/N-ethyl adjacent to an activating group) is 1. The van der Waals surface area contributed by atoms with Crippen molar-refractivity contribution in [3.05, 3.63) is 11.6 Å². The molecule has 0 amide bonds. The van der Waals surface area contributed by atoms with E-state index in [0.717, 1.165) is 63.2 Å². The quantitative estimate of drug-likeness (QED) is 0.334. The van der Waals surface area contributed by atoms with E-state index in [1.807, 2.05) is 4.68 Å². The summed E-state index contributed by atoms with van der Waals surface area (Å²) < 4.78 is 12.9. The maximum atomic E-state index is 5.80. The Bertz CT molecular complexity index is 610. The molecule has 2 N–H and O–H groups in total. The molecule has 1 fully saturated rings. The molecule has 2 aliphatic rings. The van der Waals surface area contributed by atoms with Crippen LogP contribution in [0.4, 0.5) is 0 Å². The molecule has 2 aliphatic heterocycles. The fourth-order valence-corrected chi connectivity index (χ4v) is 3.35. The van der Waals surface area contributed by atoms with Crippen molar-refractivity contribution in [1.29, 1.82) is 0 Å². The van der Waals surface area contributed by atoms with Gasteiger partial charge in [-0.25, -0.2) is 9.67 Å². The summed E-state index contributed by atoms with van der Waals surface area (Å²) in [7, 11) is 3.79. The summed E-state index contributed by atoms with van der Waals surface area (Å²) >= 11 is 0. The number of guanidine groups is 1. The molecule has 1 aromatic rings. The molecule has 0 aliphatic carbocycles. The van der Waals surface area contributed by atoms with Crippen LogP contribution in [0.15, 0.2) is 4.99 Å². The maximum Gasteiger partial charge on any atom is 0.191 e. The van der Waals surface area contributed by atoms with Crippen molar-refractivity contribution in [2.75, 3.05) is 46.9 Å². The van der Waals surface area contributed by atoms with Gasteiger partial charge in [-0.1, -0.05) is 0 Å². The summed E-state index contributed by atoms with van der Waals surface area (Å²) in [5.74, 6) is 2.63. The lowest BCUT2D eigenvalue weighted by Crippen LogP contribution is -2.48. The van der Waals surface area contributed by atoms with E-state index >= 15 is 0 Å². The number of methoxy groups -OCH3 is 1. The largest absolute Gasteiger partial charge is 0.377 e. The average molecular weight is 493 g/mol. The van der Waals surface area contributed by atoms with Crippen molar-refractivity contribution < 1.29 is 9.47 Å². The zero-order valence-corrected chi connectivity index (χ0v) is 18.8. The van der Waals surface area contributed by atoms with Gasteiger partial charge in [0.2, 0.25) is 0 Å². The first-order valence-electron chi connectivity index (χ1n) is 9.44. The Morgan fingerprint density at radius 1 is 1.41 bits per heavy atom. The Hall–Kier alpha value is -0.980. The number of halogens is 1. The van der Waals surface area contributed by atoms with Gasteiger partial charge in [-0.3, -0.25) is 4.99 Å². The number of ether oxygens (including phenoxy) is 2. The summed E-state index contributed by atoms with van der Waals surface area (Å²) in [6, 6.07) is 0.285. The molecule has 0 aromatic carbocycles. The van der Waals surface area contributed by atoms with E-state index in [1.165, 1.54) is 0 Å². The highest BCUT2D eigenvalue weighted by Gasteiger charge is 2.23. The van der Waals surface area contributed by atoms with Crippen LogP contribution in [-0.2, 0) is 29.0 Å². The van der Waals surface area contributed by atoms with Gasteiger partial charge in [0.25, 0.3) is 0 Å². The predicted octanol–water partition coefficient (Wildman–Crippen LogP) is 0.243. The molecule has 2 atom stereocenters. The van der Waals surface area contributed by atoms with Gasteiger partial charge in [-0.15, -0.1) is 24.0 Å². The van der Waals surface area contributed by atoms with Gasteiger partial charge < -0.3 is 25.0 Å². The van der Waals surface area contributed by atoms with E-state index in [0.29, 0.717) is 13.2 Å². The fraction of sp³-hybridized carbons (Fsp3) is 0.824. The number of fused-ring (bicyclic) bond motifs is 1. The second kappa shape index (κ2) is 11.1. The molecule has 0 radical (unpaired) electrons. The lowest BCUT2D eigenvalue weighted by molar-refractivity contribution is -0.0136. The number of hydrogen-bond acceptors (Lipinski definition) is 6. The van der Waals surface area contributed by atoms with Gasteiger partial charge in [0.1, 0.15) is 12.4 Å². The van der Waals surface area contributed by atoms with Gasteiger partial charge in [0, 0.05) is 39.2 Å². The van der Waals surface area contributed by atoms with Crippen molar-refractivity contribution in [2.24, 2.45) is 4.99 Å². The molecule has 0 bridgehead atoms. The van der Waals surface area contributed by atoms with Gasteiger partial charge in [-0.2, -0.15) is 5.10 Å². The van der Waals surface area contributed by atoms with Crippen LogP contribution < -0.4 is 10.6 Å². The molecule has 9 nitrogen and oxygen atoms in total. The summed E-state index contributed by atoms with van der Waals surface area (Å²) in [4.78, 5) is 11.5. The average Bonchev–Trinajstić information content (AvgIpc) is 3.02. The monoisotopic (exact) mass is 493 g/mol. The van der Waals surface area contributed by atoms with Gasteiger partial charge in [0.15, 0.2) is 11.8 Å².